The quantitative estimate of drug-likeness (QED) is 0.824. The summed E-state index contributed by atoms with van der Waals surface area (Å²) in [4.78, 5) is 2.29. The number of nitrogens with zero attached hydrogens (tertiary/aromatic N) is 1. The maximum atomic E-state index is 10.7. The van der Waals surface area contributed by atoms with Gasteiger partial charge >= 0.3 is 0 Å². The Morgan fingerprint density at radius 3 is 2.59 bits per heavy atom. The normalized spacial score (nSPS) is 22.0. The molecular formula is C24H31NO4. The van der Waals surface area contributed by atoms with Crippen LogP contribution >= 0.6 is 0 Å². The zero-order valence-electron chi connectivity index (χ0n) is 17.5. The van der Waals surface area contributed by atoms with Crippen LogP contribution in [-0.2, 0) is 0 Å². The van der Waals surface area contributed by atoms with Crippen molar-refractivity contribution in [3.05, 3.63) is 58.7 Å². The van der Waals surface area contributed by atoms with E-state index in [9.17, 15) is 10.2 Å². The van der Waals surface area contributed by atoms with Crippen LogP contribution in [-0.4, -0.2) is 47.5 Å². The van der Waals surface area contributed by atoms with Crippen LogP contribution in [0, 0.1) is 13.8 Å². The number of fused-ring (bicyclic) bond motifs is 1. The Morgan fingerprint density at radius 2 is 1.90 bits per heavy atom. The first-order valence-electron chi connectivity index (χ1n) is 10.4. The van der Waals surface area contributed by atoms with Gasteiger partial charge in [0.05, 0.1) is 19.3 Å². The molecule has 0 radical (unpaired) electrons. The molecule has 2 aliphatic heterocycles. The van der Waals surface area contributed by atoms with Gasteiger partial charge < -0.3 is 24.6 Å². The van der Waals surface area contributed by atoms with E-state index >= 15 is 0 Å². The zero-order chi connectivity index (χ0) is 20.6. The second-order valence-electron chi connectivity index (χ2n) is 8.57. The van der Waals surface area contributed by atoms with Crippen molar-refractivity contribution in [1.82, 2.24) is 4.90 Å². The maximum absolute atomic E-state index is 10.7. The second kappa shape index (κ2) is 7.98. The molecule has 2 atom stereocenters. The van der Waals surface area contributed by atoms with Gasteiger partial charge in [0.25, 0.3) is 0 Å². The molecule has 29 heavy (non-hydrogen) atoms. The molecule has 0 saturated carbocycles. The van der Waals surface area contributed by atoms with Crippen LogP contribution in [0.3, 0.4) is 0 Å². The Kier molecular flexibility index (Phi) is 5.56. The van der Waals surface area contributed by atoms with Crippen LogP contribution in [0.2, 0.25) is 0 Å². The molecule has 2 unspecified atom stereocenters. The van der Waals surface area contributed by atoms with Gasteiger partial charge in [0, 0.05) is 37.7 Å². The average molecular weight is 398 g/mol. The monoisotopic (exact) mass is 397 g/mol. The molecule has 1 fully saturated rings. The first-order valence-corrected chi connectivity index (χ1v) is 10.4. The standard InChI is InChI=1S/C24H31NO4/c1-16-4-5-18(12-17(16)2)22(27)15-25-10-8-24(9-11-25)14-21(26)20-7-6-19(28-3)13-23(20)29-24/h4-7,12-13,21-22,26-27H,8-11,14-15H2,1-3H3. The number of benzene rings is 2. The van der Waals surface area contributed by atoms with Gasteiger partial charge in [-0.05, 0) is 55.5 Å². The fraction of sp³-hybridized carbons (Fsp3) is 0.500. The van der Waals surface area contributed by atoms with Crippen LogP contribution in [0.15, 0.2) is 36.4 Å². The highest BCUT2D eigenvalue weighted by molar-refractivity contribution is 5.44. The summed E-state index contributed by atoms with van der Waals surface area (Å²) in [5, 5.41) is 21.4. The number of aliphatic hydroxyl groups excluding tert-OH is 2. The lowest BCUT2D eigenvalue weighted by molar-refractivity contribution is -0.0588. The number of piperidine rings is 1. The first kappa shape index (κ1) is 20.2. The number of aliphatic hydroxyl groups is 2. The molecular weight excluding hydrogens is 366 g/mol. The molecule has 5 nitrogen and oxygen atoms in total. The van der Waals surface area contributed by atoms with Crippen LogP contribution in [0.5, 0.6) is 11.5 Å². The third-order valence-corrected chi connectivity index (χ3v) is 6.59. The molecule has 2 aromatic carbocycles. The number of methoxy groups -OCH3 is 1. The summed E-state index contributed by atoms with van der Waals surface area (Å²) in [6, 6.07) is 11.8. The minimum atomic E-state index is -0.516. The highest BCUT2D eigenvalue weighted by atomic mass is 16.5. The van der Waals surface area contributed by atoms with Gasteiger partial charge in [0.2, 0.25) is 0 Å². The lowest BCUT2D eigenvalue weighted by Crippen LogP contribution is -2.51. The minimum Gasteiger partial charge on any atom is -0.497 e. The average Bonchev–Trinajstić information content (AvgIpc) is 2.71. The van der Waals surface area contributed by atoms with Gasteiger partial charge in [0.15, 0.2) is 0 Å². The number of hydrogen-bond acceptors (Lipinski definition) is 5. The molecule has 2 N–H and O–H groups in total. The molecule has 0 bridgehead atoms. The van der Waals surface area contributed by atoms with E-state index in [0.29, 0.717) is 13.0 Å². The molecule has 1 saturated heterocycles. The third-order valence-electron chi connectivity index (χ3n) is 6.59. The van der Waals surface area contributed by atoms with Crippen LogP contribution in [0.4, 0.5) is 0 Å². The van der Waals surface area contributed by atoms with E-state index in [1.807, 2.05) is 24.3 Å². The lowest BCUT2D eigenvalue weighted by Gasteiger charge is -2.46. The number of likely N-dealkylation sites (tertiary alicyclic amines) is 1. The summed E-state index contributed by atoms with van der Waals surface area (Å²) in [6.07, 6.45) is 1.27. The Hall–Kier alpha value is -2.08. The molecule has 0 aromatic heterocycles. The largest absolute Gasteiger partial charge is 0.497 e. The maximum Gasteiger partial charge on any atom is 0.129 e. The number of aryl methyl sites for hydroxylation is 2. The van der Waals surface area contributed by atoms with Crippen molar-refractivity contribution in [2.24, 2.45) is 0 Å². The van der Waals surface area contributed by atoms with E-state index in [0.717, 1.165) is 48.6 Å². The number of β-amino-alcohol motifs (C(OH)–C–C–N with tert-alkyl or cyclic N) is 1. The van der Waals surface area contributed by atoms with Crippen molar-refractivity contribution in [1.29, 1.82) is 0 Å². The van der Waals surface area contributed by atoms with E-state index in [4.69, 9.17) is 9.47 Å². The highest BCUT2D eigenvalue weighted by Crippen LogP contribution is 2.45. The molecule has 4 rings (SSSR count). The molecule has 0 amide bonds. The van der Waals surface area contributed by atoms with Crippen LogP contribution in [0.1, 0.15) is 53.7 Å². The number of rotatable bonds is 4. The Balaban J connectivity index is 1.40. The van der Waals surface area contributed by atoms with E-state index in [-0.39, 0.29) is 5.60 Å². The van der Waals surface area contributed by atoms with Crippen molar-refractivity contribution in [3.8, 4) is 11.5 Å². The van der Waals surface area contributed by atoms with Gasteiger partial charge in [-0.1, -0.05) is 18.2 Å². The third kappa shape index (κ3) is 4.13. The first-order chi connectivity index (χ1) is 13.9. The highest BCUT2D eigenvalue weighted by Gasteiger charge is 2.43. The molecule has 2 aliphatic rings. The molecule has 5 heteroatoms. The zero-order valence-corrected chi connectivity index (χ0v) is 17.5. The predicted octanol–water partition coefficient (Wildman–Crippen LogP) is 3.70. The molecule has 1 spiro atoms. The minimum absolute atomic E-state index is 0.347. The fourth-order valence-corrected chi connectivity index (χ4v) is 4.51. The van der Waals surface area contributed by atoms with Gasteiger partial charge in [-0.2, -0.15) is 0 Å². The molecule has 2 heterocycles. The summed E-state index contributed by atoms with van der Waals surface area (Å²) >= 11 is 0. The van der Waals surface area contributed by atoms with Crippen molar-refractivity contribution >= 4 is 0 Å². The van der Waals surface area contributed by atoms with Crippen LogP contribution < -0.4 is 9.47 Å². The lowest BCUT2D eigenvalue weighted by atomic mass is 9.81. The summed E-state index contributed by atoms with van der Waals surface area (Å²) in [5.41, 5.74) is 3.91. The van der Waals surface area contributed by atoms with Crippen molar-refractivity contribution in [2.45, 2.75) is 50.9 Å². The van der Waals surface area contributed by atoms with E-state index in [1.165, 1.54) is 11.1 Å². The van der Waals surface area contributed by atoms with E-state index in [2.05, 4.69) is 30.9 Å². The molecule has 2 aromatic rings. The summed E-state index contributed by atoms with van der Waals surface area (Å²) in [7, 11) is 1.64. The topological polar surface area (TPSA) is 62.2 Å². The smallest absolute Gasteiger partial charge is 0.129 e. The van der Waals surface area contributed by atoms with Gasteiger partial charge in [0.1, 0.15) is 17.1 Å². The second-order valence-corrected chi connectivity index (χ2v) is 8.57. The predicted molar refractivity (Wildman–Crippen MR) is 112 cm³/mol. The summed E-state index contributed by atoms with van der Waals surface area (Å²) in [5.74, 6) is 1.47. The fourth-order valence-electron chi connectivity index (χ4n) is 4.51. The van der Waals surface area contributed by atoms with Crippen LogP contribution in [0.25, 0.3) is 0 Å². The molecule has 156 valence electrons. The van der Waals surface area contributed by atoms with Gasteiger partial charge in [-0.3, -0.25) is 0 Å². The Labute approximate surface area is 172 Å². The van der Waals surface area contributed by atoms with Gasteiger partial charge in [-0.25, -0.2) is 0 Å². The van der Waals surface area contributed by atoms with Gasteiger partial charge in [-0.15, -0.1) is 0 Å². The van der Waals surface area contributed by atoms with E-state index < -0.39 is 12.2 Å². The molecule has 0 aliphatic carbocycles. The summed E-state index contributed by atoms with van der Waals surface area (Å²) < 4.78 is 11.7. The number of hydrogen-bond donors (Lipinski definition) is 2. The van der Waals surface area contributed by atoms with E-state index in [1.54, 1.807) is 7.11 Å². The van der Waals surface area contributed by atoms with Crippen molar-refractivity contribution < 1.29 is 19.7 Å². The summed E-state index contributed by atoms with van der Waals surface area (Å²) in [6.45, 7) is 6.46. The van der Waals surface area contributed by atoms with Crippen molar-refractivity contribution in [2.75, 3.05) is 26.7 Å². The van der Waals surface area contributed by atoms with Crippen molar-refractivity contribution in [3.63, 3.8) is 0 Å². The Morgan fingerprint density at radius 1 is 1.14 bits per heavy atom. The SMILES string of the molecule is COc1ccc2c(c1)OC1(CCN(CC(O)c3ccc(C)c(C)c3)CC1)CC2O. The Bertz CT molecular complexity index is 873. The number of ether oxygens (including phenoxy) is 2.